The summed E-state index contributed by atoms with van der Waals surface area (Å²) in [5.41, 5.74) is 3.57. The van der Waals surface area contributed by atoms with Gasteiger partial charge in [-0.1, -0.05) is 77.1 Å². The first-order chi connectivity index (χ1) is 12.5. The summed E-state index contributed by atoms with van der Waals surface area (Å²) < 4.78 is 12.7. The van der Waals surface area contributed by atoms with Gasteiger partial charge in [-0.25, -0.2) is 0 Å². The minimum atomic E-state index is -1.87. The number of ether oxygens (including phenoxy) is 1. The van der Waals surface area contributed by atoms with Crippen molar-refractivity contribution in [1.29, 1.82) is 0 Å². The van der Waals surface area contributed by atoms with Crippen molar-refractivity contribution in [3.05, 3.63) is 65.7 Å². The average Bonchev–Trinajstić information content (AvgIpc) is 2.90. The SMILES string of the molecule is CC1(C)COC(c2cccc(O[Si](C)(C)C(C)(C)C)c2)=C1c1ccccc1. The maximum absolute atomic E-state index is 6.52. The van der Waals surface area contributed by atoms with Crippen molar-refractivity contribution in [2.75, 3.05) is 6.61 Å². The van der Waals surface area contributed by atoms with Crippen molar-refractivity contribution >= 4 is 19.6 Å². The van der Waals surface area contributed by atoms with Gasteiger partial charge in [0.25, 0.3) is 0 Å². The van der Waals surface area contributed by atoms with Crippen LogP contribution < -0.4 is 4.43 Å². The van der Waals surface area contributed by atoms with E-state index < -0.39 is 8.32 Å². The summed E-state index contributed by atoms with van der Waals surface area (Å²) in [5.74, 6) is 1.92. The summed E-state index contributed by atoms with van der Waals surface area (Å²) >= 11 is 0. The highest BCUT2D eigenvalue weighted by Gasteiger charge is 2.39. The highest BCUT2D eigenvalue weighted by atomic mass is 28.4. The van der Waals surface area contributed by atoms with E-state index in [-0.39, 0.29) is 10.5 Å². The molecule has 0 saturated heterocycles. The summed E-state index contributed by atoms with van der Waals surface area (Å²) in [6, 6.07) is 19.0. The average molecular weight is 381 g/mol. The van der Waals surface area contributed by atoms with E-state index >= 15 is 0 Å². The Morgan fingerprint density at radius 1 is 0.926 bits per heavy atom. The number of hydrogen-bond acceptors (Lipinski definition) is 2. The molecule has 0 unspecified atom stereocenters. The van der Waals surface area contributed by atoms with Crippen molar-refractivity contribution in [3.8, 4) is 5.75 Å². The minimum absolute atomic E-state index is 0.0209. The molecule has 144 valence electrons. The van der Waals surface area contributed by atoms with Gasteiger partial charge in [-0.3, -0.25) is 0 Å². The van der Waals surface area contributed by atoms with Crippen LogP contribution in [-0.2, 0) is 4.74 Å². The molecule has 1 aliphatic heterocycles. The topological polar surface area (TPSA) is 18.5 Å². The Hall–Kier alpha value is -2.00. The van der Waals surface area contributed by atoms with E-state index in [2.05, 4.69) is 102 Å². The van der Waals surface area contributed by atoms with Crippen LogP contribution in [0.1, 0.15) is 45.7 Å². The maximum atomic E-state index is 6.52. The molecule has 0 atom stereocenters. The van der Waals surface area contributed by atoms with Gasteiger partial charge < -0.3 is 9.16 Å². The van der Waals surface area contributed by atoms with E-state index in [9.17, 15) is 0 Å². The zero-order chi connectivity index (χ0) is 19.9. The fraction of sp³-hybridized carbons (Fsp3) is 0.417. The summed E-state index contributed by atoms with van der Waals surface area (Å²) in [6.45, 7) is 16.6. The van der Waals surface area contributed by atoms with Gasteiger partial charge in [0, 0.05) is 16.6 Å². The fourth-order valence-electron chi connectivity index (χ4n) is 3.21. The predicted octanol–water partition coefficient (Wildman–Crippen LogP) is 7.00. The smallest absolute Gasteiger partial charge is 0.250 e. The van der Waals surface area contributed by atoms with Gasteiger partial charge in [0.05, 0.1) is 6.61 Å². The quantitative estimate of drug-likeness (QED) is 0.532. The molecule has 0 radical (unpaired) electrons. The van der Waals surface area contributed by atoms with Gasteiger partial charge in [-0.05, 0) is 35.8 Å². The van der Waals surface area contributed by atoms with E-state index in [0.717, 1.165) is 17.1 Å². The molecule has 0 amide bonds. The van der Waals surface area contributed by atoms with Gasteiger partial charge in [0.2, 0.25) is 8.32 Å². The summed E-state index contributed by atoms with van der Waals surface area (Å²) in [7, 11) is -1.87. The summed E-state index contributed by atoms with van der Waals surface area (Å²) in [6.07, 6.45) is 0. The van der Waals surface area contributed by atoms with Crippen LogP contribution in [0.15, 0.2) is 54.6 Å². The molecule has 0 saturated carbocycles. The van der Waals surface area contributed by atoms with Crippen LogP contribution in [0.25, 0.3) is 11.3 Å². The zero-order valence-electron chi connectivity index (χ0n) is 17.7. The highest BCUT2D eigenvalue weighted by Crippen LogP contribution is 2.47. The van der Waals surface area contributed by atoms with Gasteiger partial charge in [0.15, 0.2) is 0 Å². The Morgan fingerprint density at radius 3 is 2.19 bits per heavy atom. The monoisotopic (exact) mass is 380 g/mol. The molecule has 0 aliphatic carbocycles. The maximum Gasteiger partial charge on any atom is 0.250 e. The molecule has 3 heteroatoms. The lowest BCUT2D eigenvalue weighted by Crippen LogP contribution is -2.43. The molecular weight excluding hydrogens is 348 g/mol. The van der Waals surface area contributed by atoms with Crippen LogP contribution in [-0.4, -0.2) is 14.9 Å². The second-order valence-electron chi connectivity index (χ2n) is 9.63. The first kappa shape index (κ1) is 19.8. The molecule has 2 nitrogen and oxygen atoms in total. The van der Waals surface area contributed by atoms with E-state index in [1.807, 2.05) is 0 Å². The largest absolute Gasteiger partial charge is 0.543 e. The molecule has 1 aliphatic rings. The van der Waals surface area contributed by atoms with Crippen LogP contribution in [0.2, 0.25) is 18.1 Å². The van der Waals surface area contributed by atoms with Gasteiger partial charge in [-0.2, -0.15) is 0 Å². The predicted molar refractivity (Wildman–Crippen MR) is 117 cm³/mol. The lowest BCUT2D eigenvalue weighted by molar-refractivity contribution is 0.229. The van der Waals surface area contributed by atoms with Crippen LogP contribution >= 0.6 is 0 Å². The molecular formula is C24H32O2Si. The Kier molecular flexibility index (Phi) is 5.02. The van der Waals surface area contributed by atoms with Gasteiger partial charge >= 0.3 is 0 Å². The lowest BCUT2D eigenvalue weighted by atomic mass is 9.81. The van der Waals surface area contributed by atoms with Crippen molar-refractivity contribution in [2.24, 2.45) is 5.41 Å². The second kappa shape index (κ2) is 6.86. The van der Waals surface area contributed by atoms with Crippen LogP contribution in [0, 0.1) is 5.41 Å². The first-order valence-corrected chi connectivity index (χ1v) is 12.6. The van der Waals surface area contributed by atoms with E-state index in [4.69, 9.17) is 9.16 Å². The molecule has 0 spiro atoms. The standard InChI is InChI=1S/C24H32O2Si/c1-23(2,3)27(6,7)26-20-15-11-14-19(16-20)22-21(24(4,5)17-25-22)18-12-9-8-10-13-18/h8-16H,17H2,1-7H3. The first-order valence-electron chi connectivity index (χ1n) is 9.74. The Bertz CT molecular complexity index is 842. The molecule has 3 rings (SSSR count). The molecule has 2 aromatic rings. The van der Waals surface area contributed by atoms with Gasteiger partial charge in [0.1, 0.15) is 11.5 Å². The molecule has 0 aromatic heterocycles. The Morgan fingerprint density at radius 2 is 1.56 bits per heavy atom. The van der Waals surface area contributed by atoms with Crippen LogP contribution in [0.3, 0.4) is 0 Å². The van der Waals surface area contributed by atoms with E-state index in [1.165, 1.54) is 11.1 Å². The summed E-state index contributed by atoms with van der Waals surface area (Å²) in [5, 5.41) is 0.170. The third kappa shape index (κ3) is 3.98. The normalized spacial score (nSPS) is 17.0. The fourth-order valence-corrected chi connectivity index (χ4v) is 4.23. The Labute approximate surface area is 165 Å². The van der Waals surface area contributed by atoms with Crippen molar-refractivity contribution in [1.82, 2.24) is 0 Å². The van der Waals surface area contributed by atoms with Crippen molar-refractivity contribution < 1.29 is 9.16 Å². The number of benzene rings is 2. The third-order valence-electron chi connectivity index (χ3n) is 5.82. The second-order valence-corrected chi connectivity index (χ2v) is 14.4. The van der Waals surface area contributed by atoms with Crippen molar-refractivity contribution in [2.45, 2.75) is 52.8 Å². The van der Waals surface area contributed by atoms with E-state index in [0.29, 0.717) is 6.61 Å². The molecule has 2 aromatic carbocycles. The molecule has 27 heavy (non-hydrogen) atoms. The zero-order valence-corrected chi connectivity index (χ0v) is 18.7. The molecule has 0 fully saturated rings. The van der Waals surface area contributed by atoms with Crippen molar-refractivity contribution in [3.63, 3.8) is 0 Å². The van der Waals surface area contributed by atoms with Gasteiger partial charge in [-0.15, -0.1) is 0 Å². The lowest BCUT2D eigenvalue weighted by Gasteiger charge is -2.36. The van der Waals surface area contributed by atoms with Crippen LogP contribution in [0.5, 0.6) is 5.75 Å². The third-order valence-corrected chi connectivity index (χ3v) is 10.2. The van der Waals surface area contributed by atoms with Crippen LogP contribution in [0.4, 0.5) is 0 Å². The van der Waals surface area contributed by atoms with E-state index in [1.54, 1.807) is 0 Å². The number of rotatable bonds is 4. The molecule has 0 bridgehead atoms. The number of hydrogen-bond donors (Lipinski definition) is 0. The summed E-state index contributed by atoms with van der Waals surface area (Å²) in [4.78, 5) is 0. The molecule has 0 N–H and O–H groups in total. The Balaban J connectivity index is 2.03. The molecule has 1 heterocycles. The highest BCUT2D eigenvalue weighted by molar-refractivity contribution is 6.74. The minimum Gasteiger partial charge on any atom is -0.543 e.